The molecule has 154 valence electrons. The lowest BCUT2D eigenvalue weighted by Crippen LogP contribution is -2.44. The van der Waals surface area contributed by atoms with Gasteiger partial charge in [0.05, 0.1) is 22.0 Å². The fourth-order valence-electron chi connectivity index (χ4n) is 1.28. The molecule has 0 aromatic carbocycles. The normalized spacial score (nSPS) is 14.8. The molecule has 0 heterocycles. The minimum absolute atomic E-state index is 0.375. The molecule has 4 nitrogen and oxygen atoms in total. The van der Waals surface area contributed by atoms with Gasteiger partial charge in [-0.25, -0.2) is 19.6 Å². The van der Waals surface area contributed by atoms with E-state index in [1.54, 1.807) is 0 Å². The number of hydrogen-bond acceptors (Lipinski definition) is 4. The topological polar surface area (TPSA) is 36.9 Å². The summed E-state index contributed by atoms with van der Waals surface area (Å²) in [5.74, 6) is 6.78. The van der Waals surface area contributed by atoms with E-state index in [9.17, 15) is 0 Å². The van der Waals surface area contributed by atoms with Crippen LogP contribution in [0.2, 0.25) is 0 Å². The van der Waals surface area contributed by atoms with Gasteiger partial charge in [-0.2, -0.15) is 0 Å². The molecule has 0 saturated heterocycles. The van der Waals surface area contributed by atoms with Crippen LogP contribution in [0.5, 0.6) is 0 Å². The van der Waals surface area contributed by atoms with E-state index >= 15 is 0 Å². The Balaban J connectivity index is 5.38. The van der Waals surface area contributed by atoms with Gasteiger partial charge in [0.15, 0.2) is 0 Å². The third kappa shape index (κ3) is 7.96. The van der Waals surface area contributed by atoms with E-state index in [-0.39, 0.29) is 11.2 Å². The Labute approximate surface area is 162 Å². The van der Waals surface area contributed by atoms with Crippen molar-refractivity contribution in [2.24, 2.45) is 10.8 Å². The lowest BCUT2D eigenvalue weighted by molar-refractivity contribution is -0.410. The maximum Gasteiger partial charge on any atom is 0.114 e. The Morgan fingerprint density at radius 3 is 0.808 bits per heavy atom. The van der Waals surface area contributed by atoms with Gasteiger partial charge in [0.25, 0.3) is 0 Å². The zero-order chi connectivity index (χ0) is 21.2. The highest BCUT2D eigenvalue weighted by molar-refractivity contribution is 5.21. The van der Waals surface area contributed by atoms with Crippen LogP contribution in [0, 0.1) is 22.7 Å². The Morgan fingerprint density at radius 1 is 0.385 bits per heavy atom. The highest BCUT2D eigenvalue weighted by atomic mass is 17.2. The summed E-state index contributed by atoms with van der Waals surface area (Å²) in [6.45, 7) is 27.9. The van der Waals surface area contributed by atoms with E-state index in [0.717, 1.165) is 0 Å². The quantitative estimate of drug-likeness (QED) is 0.322. The summed E-state index contributed by atoms with van der Waals surface area (Å²) in [7, 11) is 0. The first-order valence-corrected chi connectivity index (χ1v) is 9.40. The molecule has 0 unspecified atom stereocenters. The molecular formula is C22H42O4. The summed E-state index contributed by atoms with van der Waals surface area (Å²) in [4.78, 5) is 22.6. The van der Waals surface area contributed by atoms with Gasteiger partial charge in [-0.15, -0.1) is 0 Å². The van der Waals surface area contributed by atoms with Crippen LogP contribution in [0.4, 0.5) is 0 Å². The first-order chi connectivity index (χ1) is 11.1. The van der Waals surface area contributed by atoms with Crippen molar-refractivity contribution >= 4 is 0 Å². The molecule has 0 radical (unpaired) electrons. The van der Waals surface area contributed by atoms with Crippen LogP contribution >= 0.6 is 0 Å². The summed E-state index contributed by atoms with van der Waals surface area (Å²) in [6.07, 6.45) is 0. The second kappa shape index (κ2) is 7.80. The van der Waals surface area contributed by atoms with Gasteiger partial charge in [0.1, 0.15) is 11.2 Å². The predicted molar refractivity (Wildman–Crippen MR) is 107 cm³/mol. The van der Waals surface area contributed by atoms with E-state index in [1.807, 2.05) is 69.2 Å². The Kier molecular flexibility index (Phi) is 7.62. The predicted octanol–water partition coefficient (Wildman–Crippen LogP) is 6.09. The molecule has 0 rings (SSSR count). The van der Waals surface area contributed by atoms with Crippen molar-refractivity contribution < 1.29 is 19.6 Å². The maximum absolute atomic E-state index is 5.74. The van der Waals surface area contributed by atoms with Gasteiger partial charge < -0.3 is 0 Å². The van der Waals surface area contributed by atoms with Gasteiger partial charge in [-0.3, -0.25) is 0 Å². The van der Waals surface area contributed by atoms with E-state index in [1.165, 1.54) is 0 Å². The minimum Gasteiger partial charge on any atom is -0.230 e. The summed E-state index contributed by atoms with van der Waals surface area (Å²) in [5, 5.41) is 0. The lowest BCUT2D eigenvalue weighted by atomic mass is 9.74. The number of hydrogen-bond donors (Lipinski definition) is 0. The Hall–Kier alpha value is -0.600. The highest BCUT2D eigenvalue weighted by Crippen LogP contribution is 2.38. The second-order valence-corrected chi connectivity index (χ2v) is 11.1. The summed E-state index contributed by atoms with van der Waals surface area (Å²) >= 11 is 0. The molecule has 4 heteroatoms. The molecule has 0 bridgehead atoms. The van der Waals surface area contributed by atoms with Crippen LogP contribution in [0.1, 0.15) is 96.9 Å². The SMILES string of the molecule is CC(C)(C)OOC(C)(C)C(C)(C)C#CC(C)(C)C(C)(C)OOC(C)(C)C. The van der Waals surface area contributed by atoms with Crippen LogP contribution in [-0.4, -0.2) is 22.4 Å². The molecule has 0 aliphatic rings. The lowest BCUT2D eigenvalue weighted by Gasteiger charge is -2.40. The second-order valence-electron chi connectivity index (χ2n) is 11.1. The molecule has 0 aromatic heterocycles. The first kappa shape index (κ1) is 25.4. The average molecular weight is 371 g/mol. The molecule has 0 spiro atoms. The van der Waals surface area contributed by atoms with E-state index in [0.29, 0.717) is 0 Å². The van der Waals surface area contributed by atoms with Gasteiger partial charge in [-0.05, 0) is 96.9 Å². The van der Waals surface area contributed by atoms with Crippen LogP contribution in [0.25, 0.3) is 0 Å². The number of rotatable bonds is 6. The molecule has 0 N–H and O–H groups in total. The maximum atomic E-state index is 5.74. The molecular weight excluding hydrogens is 328 g/mol. The van der Waals surface area contributed by atoms with Gasteiger partial charge >= 0.3 is 0 Å². The highest BCUT2D eigenvalue weighted by Gasteiger charge is 2.42. The van der Waals surface area contributed by atoms with Crippen molar-refractivity contribution in [3.05, 3.63) is 0 Å². The monoisotopic (exact) mass is 370 g/mol. The standard InChI is InChI=1S/C22H42O4/c1-17(2,3)23-25-21(11,12)19(7,8)15-16-20(9,10)22(13,14)26-24-18(4,5)6/h1-14H3. The van der Waals surface area contributed by atoms with E-state index in [4.69, 9.17) is 19.6 Å². The zero-order valence-electron chi connectivity index (χ0n) is 19.6. The minimum atomic E-state index is -0.587. The average Bonchev–Trinajstić information content (AvgIpc) is 2.39. The molecule has 0 atom stereocenters. The van der Waals surface area contributed by atoms with Crippen LogP contribution in [0.15, 0.2) is 0 Å². The van der Waals surface area contributed by atoms with Crippen molar-refractivity contribution in [1.82, 2.24) is 0 Å². The van der Waals surface area contributed by atoms with Crippen molar-refractivity contribution in [3.8, 4) is 11.8 Å². The smallest absolute Gasteiger partial charge is 0.114 e. The molecule has 0 amide bonds. The summed E-state index contributed by atoms with van der Waals surface area (Å²) in [5.41, 5.74) is -2.79. The van der Waals surface area contributed by atoms with Gasteiger partial charge in [-0.1, -0.05) is 11.8 Å². The van der Waals surface area contributed by atoms with E-state index in [2.05, 4.69) is 39.5 Å². The third-order valence-corrected chi connectivity index (χ3v) is 4.70. The molecule has 0 aliphatic heterocycles. The summed E-state index contributed by atoms with van der Waals surface area (Å²) < 4.78 is 0. The molecule has 0 saturated carbocycles. The molecule has 0 aliphatic carbocycles. The molecule has 26 heavy (non-hydrogen) atoms. The van der Waals surface area contributed by atoms with E-state index < -0.39 is 22.0 Å². The van der Waals surface area contributed by atoms with Gasteiger partial charge in [0.2, 0.25) is 0 Å². The first-order valence-electron chi connectivity index (χ1n) is 9.40. The van der Waals surface area contributed by atoms with Crippen molar-refractivity contribution in [3.63, 3.8) is 0 Å². The van der Waals surface area contributed by atoms with Crippen molar-refractivity contribution in [2.75, 3.05) is 0 Å². The van der Waals surface area contributed by atoms with Crippen molar-refractivity contribution in [1.29, 1.82) is 0 Å². The molecule has 0 aromatic rings. The molecule has 0 fully saturated rings. The largest absolute Gasteiger partial charge is 0.230 e. The third-order valence-electron chi connectivity index (χ3n) is 4.70. The Morgan fingerprint density at radius 2 is 0.615 bits per heavy atom. The summed E-state index contributed by atoms with van der Waals surface area (Å²) in [6, 6.07) is 0. The van der Waals surface area contributed by atoms with Crippen LogP contribution in [-0.2, 0) is 19.6 Å². The van der Waals surface area contributed by atoms with Crippen LogP contribution in [0.3, 0.4) is 0 Å². The van der Waals surface area contributed by atoms with Crippen LogP contribution < -0.4 is 0 Å². The Bertz CT molecular complexity index is 471. The van der Waals surface area contributed by atoms with Gasteiger partial charge in [0, 0.05) is 0 Å². The zero-order valence-corrected chi connectivity index (χ0v) is 19.6. The fraction of sp³-hybridized carbons (Fsp3) is 0.909. The fourth-order valence-corrected chi connectivity index (χ4v) is 1.28. The van der Waals surface area contributed by atoms with Crippen molar-refractivity contribution in [2.45, 2.75) is 119 Å².